The number of halogens is 1. The van der Waals surface area contributed by atoms with E-state index in [9.17, 15) is 4.79 Å². The highest BCUT2D eigenvalue weighted by Crippen LogP contribution is 2.36. The first kappa shape index (κ1) is 31.0. The lowest BCUT2D eigenvalue weighted by Gasteiger charge is -2.17. The van der Waals surface area contributed by atoms with Gasteiger partial charge in [-0.1, -0.05) is 68.8 Å². The molecule has 0 aliphatic rings. The Kier molecular flexibility index (Phi) is 11.7. The minimum absolute atomic E-state index is 0.374. The molecular formula is C35H37BrO6. The molecule has 0 atom stereocenters. The van der Waals surface area contributed by atoms with Crippen molar-refractivity contribution in [1.29, 1.82) is 0 Å². The van der Waals surface area contributed by atoms with Crippen LogP contribution in [0.2, 0.25) is 0 Å². The summed E-state index contributed by atoms with van der Waals surface area (Å²) in [5.74, 6) is 2.99. The first-order chi connectivity index (χ1) is 20.5. The van der Waals surface area contributed by atoms with Gasteiger partial charge in [-0.2, -0.15) is 0 Å². The van der Waals surface area contributed by atoms with E-state index in [0.29, 0.717) is 43.3 Å². The summed E-state index contributed by atoms with van der Waals surface area (Å²) < 4.78 is 30.5. The molecule has 0 aromatic heterocycles. The third kappa shape index (κ3) is 8.29. The number of para-hydroxylation sites is 1. The summed E-state index contributed by atoms with van der Waals surface area (Å²) in [4.78, 5) is 12.2. The van der Waals surface area contributed by atoms with Gasteiger partial charge in [-0.15, -0.1) is 0 Å². The van der Waals surface area contributed by atoms with Gasteiger partial charge in [-0.25, -0.2) is 4.79 Å². The molecule has 0 aliphatic carbocycles. The number of carbonyl (C=O) groups is 1. The van der Waals surface area contributed by atoms with E-state index in [1.807, 2.05) is 60.7 Å². The molecule has 0 spiro atoms. The van der Waals surface area contributed by atoms with Gasteiger partial charge >= 0.3 is 5.97 Å². The molecule has 42 heavy (non-hydrogen) atoms. The van der Waals surface area contributed by atoms with E-state index in [0.717, 1.165) is 57.7 Å². The van der Waals surface area contributed by atoms with Crippen LogP contribution < -0.4 is 18.9 Å². The lowest BCUT2D eigenvalue weighted by atomic mass is 10.1. The maximum Gasteiger partial charge on any atom is 0.341 e. The van der Waals surface area contributed by atoms with Crippen LogP contribution in [0.15, 0.2) is 89.4 Å². The van der Waals surface area contributed by atoms with Crippen molar-refractivity contribution >= 4 is 21.9 Å². The van der Waals surface area contributed by atoms with Crippen molar-refractivity contribution in [3.05, 3.63) is 112 Å². The van der Waals surface area contributed by atoms with Gasteiger partial charge in [0, 0.05) is 18.1 Å². The monoisotopic (exact) mass is 632 g/mol. The minimum Gasteiger partial charge on any atom is -0.493 e. The predicted octanol–water partition coefficient (Wildman–Crippen LogP) is 8.97. The largest absolute Gasteiger partial charge is 0.493 e. The Morgan fingerprint density at radius 1 is 0.738 bits per heavy atom. The number of methoxy groups -OCH3 is 1. The van der Waals surface area contributed by atoms with E-state index in [1.165, 1.54) is 7.11 Å². The Morgan fingerprint density at radius 3 is 2.17 bits per heavy atom. The van der Waals surface area contributed by atoms with Crippen LogP contribution in [-0.2, 0) is 24.2 Å². The highest BCUT2D eigenvalue weighted by molar-refractivity contribution is 9.10. The molecule has 4 aromatic rings. The molecule has 0 N–H and O–H groups in total. The van der Waals surface area contributed by atoms with Gasteiger partial charge in [0.15, 0.2) is 0 Å². The average Bonchev–Trinajstić information content (AvgIpc) is 3.02. The van der Waals surface area contributed by atoms with E-state index in [2.05, 4.69) is 35.8 Å². The fourth-order valence-electron chi connectivity index (χ4n) is 4.48. The second kappa shape index (κ2) is 15.9. The van der Waals surface area contributed by atoms with Crippen LogP contribution in [-0.4, -0.2) is 26.3 Å². The van der Waals surface area contributed by atoms with Gasteiger partial charge in [0.25, 0.3) is 0 Å². The highest BCUT2D eigenvalue weighted by atomic mass is 79.9. The lowest BCUT2D eigenvalue weighted by molar-refractivity contribution is 0.0598. The normalized spacial score (nSPS) is 10.7. The topological polar surface area (TPSA) is 63.2 Å². The van der Waals surface area contributed by atoms with Crippen LogP contribution in [0.3, 0.4) is 0 Å². The van der Waals surface area contributed by atoms with Crippen LogP contribution in [0.5, 0.6) is 28.7 Å². The second-order valence-electron chi connectivity index (χ2n) is 9.64. The molecule has 0 saturated carbocycles. The van der Waals surface area contributed by atoms with Gasteiger partial charge in [-0.05, 0) is 70.2 Å². The number of aryl methyl sites for hydroxylation is 1. The maximum absolute atomic E-state index is 12.2. The van der Waals surface area contributed by atoms with Gasteiger partial charge in [-0.3, -0.25) is 0 Å². The molecule has 0 fully saturated rings. The second-order valence-corrected chi connectivity index (χ2v) is 10.5. The number of hydrogen-bond donors (Lipinski definition) is 0. The first-order valence-electron chi connectivity index (χ1n) is 14.3. The Labute approximate surface area is 256 Å². The van der Waals surface area contributed by atoms with Gasteiger partial charge in [0.05, 0.1) is 24.8 Å². The van der Waals surface area contributed by atoms with Crippen molar-refractivity contribution in [2.24, 2.45) is 0 Å². The summed E-state index contributed by atoms with van der Waals surface area (Å²) in [5.41, 5.74) is 3.55. The zero-order chi connectivity index (χ0) is 29.7. The van der Waals surface area contributed by atoms with Crippen LogP contribution in [0.25, 0.3) is 0 Å². The molecular weight excluding hydrogens is 596 g/mol. The number of carbonyl (C=O) groups excluding carboxylic acids is 1. The molecule has 6 nitrogen and oxygen atoms in total. The van der Waals surface area contributed by atoms with Crippen molar-refractivity contribution < 1.29 is 28.5 Å². The highest BCUT2D eigenvalue weighted by Gasteiger charge is 2.17. The van der Waals surface area contributed by atoms with Crippen molar-refractivity contribution in [1.82, 2.24) is 0 Å². The summed E-state index contributed by atoms with van der Waals surface area (Å²) in [5, 5.41) is 0. The number of ether oxygens (including phenoxy) is 5. The average molecular weight is 634 g/mol. The minimum atomic E-state index is -0.443. The lowest BCUT2D eigenvalue weighted by Crippen LogP contribution is -2.08. The standard InChI is InChI=1S/C35H37BrO6/c1-4-13-27-30(18-11-19-31(27)42-32-17-10-9-16-28(32)35(37)38-3)39-20-12-21-40-33-23-34(29(36)22-26(33)5-2)41-24-25-14-7-6-8-15-25/h6-11,14-19,22-23H,4-5,12-13,20-21,24H2,1-3H3. The number of hydrogen-bond acceptors (Lipinski definition) is 6. The number of benzene rings is 4. The van der Waals surface area contributed by atoms with Crippen LogP contribution >= 0.6 is 15.9 Å². The quantitative estimate of drug-likeness (QED) is 0.0962. The molecule has 4 aromatic carbocycles. The Bertz CT molecular complexity index is 1450. The summed E-state index contributed by atoms with van der Waals surface area (Å²) in [6.45, 7) is 5.68. The summed E-state index contributed by atoms with van der Waals surface area (Å²) in [7, 11) is 1.36. The number of esters is 1. The third-order valence-corrected chi connectivity index (χ3v) is 7.26. The van der Waals surface area contributed by atoms with Gasteiger partial charge < -0.3 is 23.7 Å². The molecule has 0 amide bonds. The Hall–Kier alpha value is -3.97. The molecule has 220 valence electrons. The summed E-state index contributed by atoms with van der Waals surface area (Å²) >= 11 is 3.64. The molecule has 4 rings (SSSR count). The van der Waals surface area contributed by atoms with Gasteiger partial charge in [0.2, 0.25) is 0 Å². The van der Waals surface area contributed by atoms with E-state index in [-0.39, 0.29) is 0 Å². The first-order valence-corrected chi connectivity index (χ1v) is 15.0. The SMILES string of the molecule is CCCc1c(OCCCOc2cc(OCc3ccccc3)c(Br)cc2CC)cccc1Oc1ccccc1C(=O)OC. The summed E-state index contributed by atoms with van der Waals surface area (Å²) in [6.07, 6.45) is 3.22. The third-order valence-electron chi connectivity index (χ3n) is 6.64. The molecule has 0 bridgehead atoms. The van der Waals surface area contributed by atoms with Crippen molar-refractivity contribution in [3.8, 4) is 28.7 Å². The van der Waals surface area contributed by atoms with Crippen LogP contribution in [0.1, 0.15) is 53.7 Å². The molecule has 0 unspecified atom stereocenters. The van der Waals surface area contributed by atoms with Crippen molar-refractivity contribution in [2.75, 3.05) is 20.3 Å². The van der Waals surface area contributed by atoms with Gasteiger partial charge in [0.1, 0.15) is 40.9 Å². The molecule has 0 saturated heterocycles. The van der Waals surface area contributed by atoms with E-state index >= 15 is 0 Å². The fourth-order valence-corrected chi connectivity index (χ4v) is 4.99. The number of rotatable bonds is 15. The van der Waals surface area contributed by atoms with Crippen molar-refractivity contribution in [3.63, 3.8) is 0 Å². The van der Waals surface area contributed by atoms with E-state index < -0.39 is 5.97 Å². The molecule has 7 heteroatoms. The molecule has 0 aliphatic heterocycles. The van der Waals surface area contributed by atoms with Crippen LogP contribution in [0.4, 0.5) is 0 Å². The fraction of sp³-hybridized carbons (Fsp3) is 0.286. The Balaban J connectivity index is 1.38. The zero-order valence-corrected chi connectivity index (χ0v) is 25.9. The smallest absolute Gasteiger partial charge is 0.341 e. The van der Waals surface area contributed by atoms with Crippen molar-refractivity contribution in [2.45, 2.75) is 46.1 Å². The molecule has 0 radical (unpaired) electrons. The summed E-state index contributed by atoms with van der Waals surface area (Å²) in [6, 6.07) is 26.9. The molecule has 0 heterocycles. The van der Waals surface area contributed by atoms with E-state index in [1.54, 1.807) is 18.2 Å². The maximum atomic E-state index is 12.2. The van der Waals surface area contributed by atoms with E-state index in [4.69, 9.17) is 23.7 Å². The van der Waals surface area contributed by atoms with Crippen LogP contribution in [0, 0.1) is 0 Å². The Morgan fingerprint density at radius 2 is 1.43 bits per heavy atom. The zero-order valence-electron chi connectivity index (χ0n) is 24.4. The predicted molar refractivity (Wildman–Crippen MR) is 168 cm³/mol.